The maximum Gasteiger partial charge on any atom is 0.362 e. The van der Waals surface area contributed by atoms with E-state index in [1.165, 1.54) is 6.07 Å². The van der Waals surface area contributed by atoms with E-state index >= 15 is 0 Å². The predicted octanol–water partition coefficient (Wildman–Crippen LogP) is 2.03. The van der Waals surface area contributed by atoms with Crippen LogP contribution in [0.15, 0.2) is 22.7 Å². The fraction of sp³-hybridized carbons (Fsp3) is 0.333. The Labute approximate surface area is 117 Å². The number of ether oxygens (including phenoxy) is 2. The molecule has 7 heteroatoms. The summed E-state index contributed by atoms with van der Waals surface area (Å²) in [5.41, 5.74) is 0.200. The summed E-state index contributed by atoms with van der Waals surface area (Å²) >= 11 is 3.22. The molecule has 5 nitrogen and oxygen atoms in total. The molecule has 0 radical (unpaired) electrons. The Morgan fingerprint density at radius 3 is 3.05 bits per heavy atom. The van der Waals surface area contributed by atoms with Crippen molar-refractivity contribution in [3.8, 4) is 5.75 Å². The average Bonchev–Trinajstić information content (AvgIpc) is 2.38. The van der Waals surface area contributed by atoms with Crippen molar-refractivity contribution < 1.29 is 23.5 Å². The Morgan fingerprint density at radius 1 is 1.63 bits per heavy atom. The molecule has 0 saturated heterocycles. The maximum atomic E-state index is 14.1. The topological polar surface area (TPSA) is 55.8 Å². The average molecular weight is 332 g/mol. The maximum absolute atomic E-state index is 14.1. The van der Waals surface area contributed by atoms with Crippen molar-refractivity contribution >= 4 is 33.5 Å². The van der Waals surface area contributed by atoms with Crippen molar-refractivity contribution in [3.05, 3.63) is 22.7 Å². The summed E-state index contributed by atoms with van der Waals surface area (Å²) in [4.78, 5) is 23.9. The molecule has 0 bridgehead atoms. The van der Waals surface area contributed by atoms with Gasteiger partial charge in [0.2, 0.25) is 0 Å². The fourth-order valence-electron chi connectivity index (χ4n) is 1.71. The number of fused-ring (bicyclic) bond motifs is 1. The number of carbonyl (C=O) groups is 2. The van der Waals surface area contributed by atoms with Crippen molar-refractivity contribution in [1.29, 1.82) is 0 Å². The lowest BCUT2D eigenvalue weighted by Gasteiger charge is -2.30. The molecule has 1 aromatic carbocycles. The van der Waals surface area contributed by atoms with Crippen LogP contribution in [0.2, 0.25) is 0 Å². The van der Waals surface area contributed by atoms with Crippen LogP contribution in [0.25, 0.3) is 0 Å². The SMILES string of the molecule is CCOC(=O)C(F)N1C(=O)COc2ccc(Br)cc21. The number of alkyl halides is 1. The summed E-state index contributed by atoms with van der Waals surface area (Å²) in [5, 5.41) is 0. The van der Waals surface area contributed by atoms with Crippen LogP contribution in [0.1, 0.15) is 6.92 Å². The summed E-state index contributed by atoms with van der Waals surface area (Å²) < 4.78 is 24.5. The lowest BCUT2D eigenvalue weighted by atomic mass is 10.2. The van der Waals surface area contributed by atoms with Gasteiger partial charge in [-0.3, -0.25) is 9.69 Å². The molecule has 0 N–H and O–H groups in total. The van der Waals surface area contributed by atoms with Gasteiger partial charge >= 0.3 is 5.97 Å². The number of hydrogen-bond acceptors (Lipinski definition) is 4. The third-order valence-electron chi connectivity index (χ3n) is 2.51. The van der Waals surface area contributed by atoms with Crippen LogP contribution in [0.3, 0.4) is 0 Å². The van der Waals surface area contributed by atoms with Gasteiger partial charge < -0.3 is 9.47 Å². The quantitative estimate of drug-likeness (QED) is 0.628. The van der Waals surface area contributed by atoms with Gasteiger partial charge in [-0.15, -0.1) is 0 Å². The number of amides is 1. The molecule has 19 heavy (non-hydrogen) atoms. The summed E-state index contributed by atoms with van der Waals surface area (Å²) in [6.45, 7) is 1.30. The van der Waals surface area contributed by atoms with Gasteiger partial charge in [-0.25, -0.2) is 9.18 Å². The zero-order valence-corrected chi connectivity index (χ0v) is 11.6. The number of hydrogen-bond donors (Lipinski definition) is 0. The highest BCUT2D eigenvalue weighted by molar-refractivity contribution is 9.10. The molecule has 0 aliphatic carbocycles. The first-order valence-electron chi connectivity index (χ1n) is 5.59. The largest absolute Gasteiger partial charge is 0.482 e. The Bertz CT molecular complexity index is 522. The minimum atomic E-state index is -2.18. The van der Waals surface area contributed by atoms with Gasteiger partial charge in [0.25, 0.3) is 12.2 Å². The molecule has 1 unspecified atom stereocenters. The van der Waals surface area contributed by atoms with Crippen molar-refractivity contribution in [2.75, 3.05) is 18.1 Å². The predicted molar refractivity (Wildman–Crippen MR) is 68.7 cm³/mol. The van der Waals surface area contributed by atoms with Gasteiger partial charge in [-0.2, -0.15) is 0 Å². The number of benzene rings is 1. The molecule has 1 amide bonds. The minimum absolute atomic E-state index is 0.0448. The molecule has 1 aliphatic rings. The first kappa shape index (κ1) is 13.8. The number of halogens is 2. The van der Waals surface area contributed by atoms with Crippen LogP contribution in [-0.4, -0.2) is 31.4 Å². The summed E-state index contributed by atoms with van der Waals surface area (Å²) in [6.07, 6.45) is -2.18. The highest BCUT2D eigenvalue weighted by Crippen LogP contribution is 2.36. The van der Waals surface area contributed by atoms with Gasteiger partial charge in [0.1, 0.15) is 5.75 Å². The second kappa shape index (κ2) is 5.56. The van der Waals surface area contributed by atoms with Crippen molar-refractivity contribution in [1.82, 2.24) is 0 Å². The summed E-state index contributed by atoms with van der Waals surface area (Å²) in [5.74, 6) is -1.38. The van der Waals surface area contributed by atoms with Crippen LogP contribution in [0.4, 0.5) is 10.1 Å². The second-order valence-electron chi connectivity index (χ2n) is 3.75. The lowest BCUT2D eigenvalue weighted by molar-refractivity contribution is -0.150. The zero-order chi connectivity index (χ0) is 14.0. The molecular formula is C12H11BrFNO4. The Kier molecular flexibility index (Phi) is 4.04. The van der Waals surface area contributed by atoms with E-state index in [0.717, 1.165) is 4.90 Å². The first-order chi connectivity index (χ1) is 9.04. The molecule has 1 atom stereocenters. The molecule has 1 aromatic rings. The Balaban J connectivity index is 2.37. The molecule has 2 rings (SSSR count). The molecular weight excluding hydrogens is 321 g/mol. The van der Waals surface area contributed by atoms with E-state index in [1.54, 1.807) is 19.1 Å². The van der Waals surface area contributed by atoms with Crippen LogP contribution in [0, 0.1) is 0 Å². The van der Waals surface area contributed by atoms with Gasteiger partial charge in [0, 0.05) is 4.47 Å². The Morgan fingerprint density at radius 2 is 2.37 bits per heavy atom. The monoisotopic (exact) mass is 331 g/mol. The molecule has 0 aromatic heterocycles. The molecule has 0 spiro atoms. The third-order valence-corrected chi connectivity index (χ3v) is 3.00. The minimum Gasteiger partial charge on any atom is -0.482 e. The van der Waals surface area contributed by atoms with Crippen molar-refractivity contribution in [2.45, 2.75) is 13.2 Å². The van der Waals surface area contributed by atoms with Gasteiger partial charge in [-0.1, -0.05) is 15.9 Å². The van der Waals surface area contributed by atoms with Gasteiger partial charge in [0.15, 0.2) is 6.61 Å². The fourth-order valence-corrected chi connectivity index (χ4v) is 2.06. The molecule has 1 aliphatic heterocycles. The van der Waals surface area contributed by atoms with E-state index in [4.69, 9.17) is 4.74 Å². The lowest BCUT2D eigenvalue weighted by Crippen LogP contribution is -2.47. The van der Waals surface area contributed by atoms with E-state index in [0.29, 0.717) is 10.2 Å². The zero-order valence-electron chi connectivity index (χ0n) is 10.1. The third kappa shape index (κ3) is 2.70. The van der Waals surface area contributed by atoms with Crippen LogP contribution >= 0.6 is 15.9 Å². The van der Waals surface area contributed by atoms with Gasteiger partial charge in [0.05, 0.1) is 12.3 Å². The highest BCUT2D eigenvalue weighted by atomic mass is 79.9. The second-order valence-corrected chi connectivity index (χ2v) is 4.67. The van der Waals surface area contributed by atoms with E-state index in [1.807, 2.05) is 0 Å². The normalized spacial score (nSPS) is 15.5. The van der Waals surface area contributed by atoms with Crippen LogP contribution in [-0.2, 0) is 14.3 Å². The van der Waals surface area contributed by atoms with E-state index < -0.39 is 18.2 Å². The Hall–Kier alpha value is -1.63. The van der Waals surface area contributed by atoms with E-state index in [2.05, 4.69) is 20.7 Å². The summed E-state index contributed by atoms with van der Waals surface area (Å²) in [7, 11) is 0. The summed E-state index contributed by atoms with van der Waals surface area (Å²) in [6, 6.07) is 4.80. The molecule has 1 heterocycles. The van der Waals surface area contributed by atoms with Crippen molar-refractivity contribution in [2.24, 2.45) is 0 Å². The van der Waals surface area contributed by atoms with Gasteiger partial charge in [-0.05, 0) is 25.1 Å². The van der Waals surface area contributed by atoms with Crippen molar-refractivity contribution in [3.63, 3.8) is 0 Å². The standard InChI is InChI=1S/C12H11BrFNO4/c1-2-18-12(17)11(14)15-8-5-7(13)3-4-9(8)19-6-10(15)16/h3-5,11H,2,6H2,1H3. The molecule has 0 fully saturated rings. The number of nitrogens with zero attached hydrogens (tertiary/aromatic N) is 1. The first-order valence-corrected chi connectivity index (χ1v) is 6.39. The smallest absolute Gasteiger partial charge is 0.362 e. The van der Waals surface area contributed by atoms with E-state index in [-0.39, 0.29) is 18.9 Å². The highest BCUT2D eigenvalue weighted by Gasteiger charge is 2.36. The number of esters is 1. The van der Waals surface area contributed by atoms with E-state index in [9.17, 15) is 14.0 Å². The molecule has 102 valence electrons. The number of rotatable bonds is 3. The number of anilines is 1. The van der Waals surface area contributed by atoms with Crippen LogP contribution in [0.5, 0.6) is 5.75 Å². The van der Waals surface area contributed by atoms with Crippen LogP contribution < -0.4 is 9.64 Å². The molecule has 0 saturated carbocycles. The number of carbonyl (C=O) groups excluding carboxylic acids is 2.